The van der Waals surface area contributed by atoms with Gasteiger partial charge in [0.05, 0.1) is 10.6 Å². The SMILES string of the molecule is CC1=CC(=NS(=O)(=O)c2ccc(Br)cc2)C=CC1=O. The van der Waals surface area contributed by atoms with E-state index in [1.165, 1.54) is 30.4 Å². The van der Waals surface area contributed by atoms with Crippen LogP contribution in [0.2, 0.25) is 0 Å². The lowest BCUT2D eigenvalue weighted by Gasteiger charge is -2.04. The molecule has 0 saturated heterocycles. The topological polar surface area (TPSA) is 63.6 Å². The van der Waals surface area contributed by atoms with E-state index < -0.39 is 10.0 Å². The molecule has 1 aliphatic rings. The summed E-state index contributed by atoms with van der Waals surface area (Å²) in [5.41, 5.74) is 0.715. The van der Waals surface area contributed by atoms with E-state index in [4.69, 9.17) is 0 Å². The van der Waals surface area contributed by atoms with E-state index in [2.05, 4.69) is 20.3 Å². The fourth-order valence-corrected chi connectivity index (χ4v) is 2.73. The third kappa shape index (κ3) is 3.27. The molecule has 0 radical (unpaired) electrons. The van der Waals surface area contributed by atoms with Crippen LogP contribution in [0.25, 0.3) is 0 Å². The van der Waals surface area contributed by atoms with Crippen molar-refractivity contribution in [2.45, 2.75) is 11.8 Å². The second-order valence-electron chi connectivity index (χ2n) is 3.97. The third-order valence-electron chi connectivity index (χ3n) is 2.50. The smallest absolute Gasteiger partial charge is 0.282 e. The molecule has 98 valence electrons. The summed E-state index contributed by atoms with van der Waals surface area (Å²) >= 11 is 3.24. The summed E-state index contributed by atoms with van der Waals surface area (Å²) in [5, 5.41) is 0. The molecular formula is C13H10BrNO3S. The zero-order chi connectivity index (χ0) is 14.0. The van der Waals surface area contributed by atoms with Crippen LogP contribution in [0.4, 0.5) is 0 Å². The van der Waals surface area contributed by atoms with Crippen molar-refractivity contribution in [1.82, 2.24) is 0 Å². The summed E-state index contributed by atoms with van der Waals surface area (Å²) in [6.07, 6.45) is 4.16. The van der Waals surface area contributed by atoms with E-state index >= 15 is 0 Å². The molecule has 0 unspecified atom stereocenters. The Bertz CT molecular complexity index is 713. The first-order chi connectivity index (χ1) is 8.88. The summed E-state index contributed by atoms with van der Waals surface area (Å²) in [6.45, 7) is 1.62. The number of carbonyl (C=O) groups excluding carboxylic acids is 1. The van der Waals surface area contributed by atoms with E-state index in [1.54, 1.807) is 19.1 Å². The Morgan fingerprint density at radius 3 is 2.32 bits per heavy atom. The van der Waals surface area contributed by atoms with Gasteiger partial charge in [0.1, 0.15) is 0 Å². The lowest BCUT2D eigenvalue weighted by Crippen LogP contribution is -2.08. The zero-order valence-corrected chi connectivity index (χ0v) is 12.4. The quantitative estimate of drug-likeness (QED) is 0.778. The maximum absolute atomic E-state index is 12.0. The fourth-order valence-electron chi connectivity index (χ4n) is 1.49. The van der Waals surface area contributed by atoms with Crippen LogP contribution < -0.4 is 0 Å². The molecule has 1 aliphatic carbocycles. The Morgan fingerprint density at radius 1 is 1.11 bits per heavy atom. The van der Waals surface area contributed by atoms with Crippen molar-refractivity contribution >= 4 is 37.4 Å². The normalized spacial score (nSPS) is 17.7. The number of ketones is 1. The van der Waals surface area contributed by atoms with Gasteiger partial charge >= 0.3 is 0 Å². The van der Waals surface area contributed by atoms with Gasteiger partial charge in [0.25, 0.3) is 10.0 Å². The Balaban J connectivity index is 2.40. The highest BCUT2D eigenvalue weighted by Gasteiger charge is 2.15. The summed E-state index contributed by atoms with van der Waals surface area (Å²) in [6, 6.07) is 6.21. The molecule has 0 spiro atoms. The summed E-state index contributed by atoms with van der Waals surface area (Å²) in [4.78, 5) is 11.4. The lowest BCUT2D eigenvalue weighted by atomic mass is 10.1. The number of carbonyl (C=O) groups is 1. The van der Waals surface area contributed by atoms with Gasteiger partial charge in [-0.3, -0.25) is 4.79 Å². The number of halogens is 1. The Hall–Kier alpha value is -1.53. The van der Waals surface area contributed by atoms with Crippen molar-refractivity contribution in [3.05, 3.63) is 52.5 Å². The maximum Gasteiger partial charge on any atom is 0.282 e. The second-order valence-corrected chi connectivity index (χ2v) is 6.49. The predicted molar refractivity (Wildman–Crippen MR) is 76.7 cm³/mol. The van der Waals surface area contributed by atoms with Crippen molar-refractivity contribution in [2.24, 2.45) is 4.40 Å². The number of rotatable bonds is 2. The van der Waals surface area contributed by atoms with Crippen molar-refractivity contribution < 1.29 is 13.2 Å². The third-order valence-corrected chi connectivity index (χ3v) is 4.34. The summed E-state index contributed by atoms with van der Waals surface area (Å²) < 4.78 is 28.6. The predicted octanol–water partition coefficient (Wildman–Crippen LogP) is 2.66. The van der Waals surface area contributed by atoms with Gasteiger partial charge in [-0.05, 0) is 55.0 Å². The second kappa shape index (κ2) is 5.22. The molecule has 0 fully saturated rings. The standard InChI is InChI=1S/C13H10BrNO3S/c1-9-8-11(4-7-13(9)16)15-19(17,18)12-5-2-10(14)3-6-12/h2-8H,1H3. The summed E-state index contributed by atoms with van der Waals surface area (Å²) in [5.74, 6) is -0.139. The molecule has 0 aliphatic heterocycles. The molecule has 0 heterocycles. The molecule has 0 bridgehead atoms. The first-order valence-electron chi connectivity index (χ1n) is 5.40. The van der Waals surface area contributed by atoms with Crippen molar-refractivity contribution in [3.8, 4) is 0 Å². The molecule has 0 N–H and O–H groups in total. The van der Waals surface area contributed by atoms with Crippen LogP contribution in [-0.2, 0) is 14.8 Å². The minimum absolute atomic E-state index is 0.111. The van der Waals surface area contributed by atoms with Crippen LogP contribution in [0.15, 0.2) is 61.8 Å². The average Bonchev–Trinajstić information content (AvgIpc) is 2.34. The van der Waals surface area contributed by atoms with Gasteiger partial charge in [-0.1, -0.05) is 15.9 Å². The molecule has 4 nitrogen and oxygen atoms in total. The Morgan fingerprint density at radius 2 is 1.74 bits per heavy atom. The molecule has 1 aromatic carbocycles. The molecule has 0 aromatic heterocycles. The van der Waals surface area contributed by atoms with Gasteiger partial charge in [0, 0.05) is 4.47 Å². The number of nitrogens with zero attached hydrogens (tertiary/aromatic N) is 1. The Kier molecular flexibility index (Phi) is 3.82. The first kappa shape index (κ1) is 13.9. The van der Waals surface area contributed by atoms with E-state index in [9.17, 15) is 13.2 Å². The lowest BCUT2D eigenvalue weighted by molar-refractivity contribution is -0.111. The molecule has 2 rings (SSSR count). The van der Waals surface area contributed by atoms with Crippen LogP contribution in [0.5, 0.6) is 0 Å². The van der Waals surface area contributed by atoms with Crippen LogP contribution in [0.3, 0.4) is 0 Å². The van der Waals surface area contributed by atoms with Gasteiger partial charge in [0.2, 0.25) is 0 Å². The molecule has 1 aromatic rings. The van der Waals surface area contributed by atoms with Crippen molar-refractivity contribution in [1.29, 1.82) is 0 Å². The zero-order valence-electron chi connectivity index (χ0n) is 10.00. The van der Waals surface area contributed by atoms with Gasteiger partial charge in [-0.2, -0.15) is 12.8 Å². The highest BCUT2D eigenvalue weighted by atomic mass is 79.9. The molecule has 0 atom stereocenters. The maximum atomic E-state index is 12.0. The minimum atomic E-state index is -3.76. The van der Waals surface area contributed by atoms with Gasteiger partial charge < -0.3 is 0 Å². The molecule has 0 saturated carbocycles. The van der Waals surface area contributed by atoms with E-state index in [1.807, 2.05) is 0 Å². The molecular weight excluding hydrogens is 330 g/mol. The molecule has 6 heteroatoms. The van der Waals surface area contributed by atoms with Crippen LogP contribution in [0, 0.1) is 0 Å². The fraction of sp³-hybridized carbons (Fsp3) is 0.0769. The van der Waals surface area contributed by atoms with Crippen LogP contribution >= 0.6 is 15.9 Å². The summed E-state index contributed by atoms with van der Waals surface area (Å²) in [7, 11) is -3.76. The van der Waals surface area contributed by atoms with E-state index in [0.717, 1.165) is 4.47 Å². The largest absolute Gasteiger partial charge is 0.290 e. The van der Waals surface area contributed by atoms with Crippen molar-refractivity contribution in [2.75, 3.05) is 0 Å². The first-order valence-corrected chi connectivity index (χ1v) is 7.63. The Labute approximate surface area is 119 Å². The van der Waals surface area contributed by atoms with Gasteiger partial charge in [-0.25, -0.2) is 0 Å². The molecule has 0 amide bonds. The minimum Gasteiger partial charge on any atom is -0.290 e. The highest BCUT2D eigenvalue weighted by molar-refractivity contribution is 9.10. The van der Waals surface area contributed by atoms with Crippen LogP contribution in [0.1, 0.15) is 6.92 Å². The highest BCUT2D eigenvalue weighted by Crippen LogP contribution is 2.17. The average molecular weight is 340 g/mol. The van der Waals surface area contributed by atoms with Crippen molar-refractivity contribution in [3.63, 3.8) is 0 Å². The number of benzene rings is 1. The number of hydrogen-bond donors (Lipinski definition) is 0. The van der Waals surface area contributed by atoms with E-state index in [-0.39, 0.29) is 16.4 Å². The van der Waals surface area contributed by atoms with E-state index in [0.29, 0.717) is 5.57 Å². The van der Waals surface area contributed by atoms with Gasteiger partial charge in [-0.15, -0.1) is 0 Å². The number of sulfonamides is 1. The van der Waals surface area contributed by atoms with Gasteiger partial charge in [0.15, 0.2) is 5.78 Å². The molecule has 19 heavy (non-hydrogen) atoms. The monoisotopic (exact) mass is 339 g/mol. The number of allylic oxidation sites excluding steroid dienone is 4. The van der Waals surface area contributed by atoms with Crippen LogP contribution in [-0.4, -0.2) is 19.9 Å². The number of hydrogen-bond acceptors (Lipinski definition) is 3.